The van der Waals surface area contributed by atoms with Crippen molar-refractivity contribution >= 4 is 53.9 Å². The van der Waals surface area contributed by atoms with Gasteiger partial charge in [-0.2, -0.15) is 0 Å². The first kappa shape index (κ1) is 13.5. The van der Waals surface area contributed by atoms with Crippen LogP contribution in [0.2, 0.25) is 0 Å². The molecule has 0 radical (unpaired) electrons. The van der Waals surface area contributed by atoms with Crippen molar-refractivity contribution in [1.82, 2.24) is 0 Å². The fourth-order valence-corrected chi connectivity index (χ4v) is 3.30. The van der Waals surface area contributed by atoms with E-state index in [0.29, 0.717) is 6.54 Å². The van der Waals surface area contributed by atoms with E-state index in [0.717, 1.165) is 31.5 Å². The number of nitrogens with zero attached hydrogens (tertiary/aromatic N) is 1. The molecule has 18 heavy (non-hydrogen) atoms. The topological polar surface area (TPSA) is 55.2 Å². The van der Waals surface area contributed by atoms with Crippen LogP contribution in [0.5, 0.6) is 0 Å². The van der Waals surface area contributed by atoms with Gasteiger partial charge in [0.2, 0.25) is 0 Å². The Morgan fingerprint density at radius 2 is 2.11 bits per heavy atom. The van der Waals surface area contributed by atoms with Crippen LogP contribution in [0.4, 0.5) is 10.7 Å². The Morgan fingerprint density at radius 3 is 2.72 bits per heavy atom. The van der Waals surface area contributed by atoms with E-state index in [-0.39, 0.29) is 9.92 Å². The van der Waals surface area contributed by atoms with E-state index in [1.54, 1.807) is 11.4 Å². The number of benzene rings is 1. The molecule has 94 valence electrons. The minimum Gasteiger partial charge on any atom is -0.380 e. The number of nitrogens with one attached hydrogen (secondary N) is 1. The van der Waals surface area contributed by atoms with Gasteiger partial charge in [-0.15, -0.1) is 0 Å². The molecule has 0 saturated heterocycles. The summed E-state index contributed by atoms with van der Waals surface area (Å²) in [5.41, 5.74) is 1.86. The normalized spacial score (nSPS) is 10.3. The van der Waals surface area contributed by atoms with E-state index in [4.69, 9.17) is 0 Å². The van der Waals surface area contributed by atoms with Crippen molar-refractivity contribution in [3.05, 3.63) is 54.3 Å². The van der Waals surface area contributed by atoms with E-state index in [2.05, 4.69) is 37.2 Å². The highest BCUT2D eigenvalue weighted by Gasteiger charge is 2.09. The molecule has 0 saturated carbocycles. The summed E-state index contributed by atoms with van der Waals surface area (Å²) in [6, 6.07) is 7.40. The fourth-order valence-electron chi connectivity index (χ4n) is 1.38. The molecule has 0 spiro atoms. The predicted octanol–water partition coefficient (Wildman–Crippen LogP) is 4.79. The van der Waals surface area contributed by atoms with E-state index in [9.17, 15) is 10.1 Å². The number of nitro groups is 1. The molecule has 2 rings (SSSR count). The lowest BCUT2D eigenvalue weighted by Gasteiger charge is -2.07. The average Bonchev–Trinajstić information content (AvgIpc) is 2.76. The van der Waals surface area contributed by atoms with Crippen LogP contribution in [0.1, 0.15) is 5.56 Å². The molecule has 1 aromatic carbocycles. The van der Waals surface area contributed by atoms with Crippen LogP contribution in [0.3, 0.4) is 0 Å². The van der Waals surface area contributed by atoms with E-state index in [1.165, 1.54) is 0 Å². The maximum Gasteiger partial charge on any atom is 0.324 e. The molecule has 0 fully saturated rings. The molecule has 1 heterocycles. The molecule has 4 nitrogen and oxygen atoms in total. The molecule has 0 atom stereocenters. The number of anilines is 1. The van der Waals surface area contributed by atoms with Gasteiger partial charge in [0.05, 0.1) is 4.92 Å². The van der Waals surface area contributed by atoms with Gasteiger partial charge in [0.25, 0.3) is 0 Å². The standard InChI is InChI=1S/C11H8Br2N2O2S/c12-8-1-2-10(9(13)4-8)14-5-7-3-11(15(16)17)18-6-7/h1-4,6,14H,5H2. The summed E-state index contributed by atoms with van der Waals surface area (Å²) in [6.45, 7) is 0.560. The second-order valence-corrected chi connectivity index (χ2v) is 6.19. The third-order valence-corrected chi connectivity index (χ3v) is 4.31. The number of hydrogen-bond acceptors (Lipinski definition) is 4. The minimum atomic E-state index is -0.371. The molecule has 0 aliphatic heterocycles. The summed E-state index contributed by atoms with van der Waals surface area (Å²) >= 11 is 7.97. The number of halogens is 2. The molecule has 0 bridgehead atoms. The van der Waals surface area contributed by atoms with Gasteiger partial charge < -0.3 is 5.32 Å². The Balaban J connectivity index is 2.04. The van der Waals surface area contributed by atoms with Crippen LogP contribution in [0.15, 0.2) is 38.6 Å². The van der Waals surface area contributed by atoms with Crippen LogP contribution in [0, 0.1) is 10.1 Å². The van der Waals surface area contributed by atoms with Crippen molar-refractivity contribution in [2.75, 3.05) is 5.32 Å². The highest BCUT2D eigenvalue weighted by atomic mass is 79.9. The lowest BCUT2D eigenvalue weighted by molar-refractivity contribution is -0.380. The fraction of sp³-hybridized carbons (Fsp3) is 0.0909. The van der Waals surface area contributed by atoms with Crippen LogP contribution in [0.25, 0.3) is 0 Å². The quantitative estimate of drug-likeness (QED) is 0.601. The maximum atomic E-state index is 10.6. The van der Waals surface area contributed by atoms with Crippen LogP contribution in [-0.4, -0.2) is 4.92 Å². The van der Waals surface area contributed by atoms with Gasteiger partial charge in [0.1, 0.15) is 0 Å². The van der Waals surface area contributed by atoms with Gasteiger partial charge in [-0.1, -0.05) is 27.3 Å². The SMILES string of the molecule is O=[N+]([O-])c1cc(CNc2ccc(Br)cc2Br)cs1. The van der Waals surface area contributed by atoms with Crippen LogP contribution >= 0.6 is 43.2 Å². The molecule has 1 N–H and O–H groups in total. The largest absolute Gasteiger partial charge is 0.380 e. The van der Waals surface area contributed by atoms with Crippen molar-refractivity contribution in [1.29, 1.82) is 0 Å². The summed E-state index contributed by atoms with van der Waals surface area (Å²) < 4.78 is 1.94. The highest BCUT2D eigenvalue weighted by molar-refractivity contribution is 9.11. The number of hydrogen-bond donors (Lipinski definition) is 1. The zero-order valence-electron chi connectivity index (χ0n) is 9.02. The van der Waals surface area contributed by atoms with E-state index in [1.807, 2.05) is 18.2 Å². The molecule has 7 heteroatoms. The minimum absolute atomic E-state index is 0.168. The van der Waals surface area contributed by atoms with Crippen molar-refractivity contribution in [2.24, 2.45) is 0 Å². The molecular weight excluding hydrogens is 384 g/mol. The molecule has 1 aromatic heterocycles. The third-order valence-electron chi connectivity index (χ3n) is 2.23. The second-order valence-electron chi connectivity index (χ2n) is 3.53. The second kappa shape index (κ2) is 5.81. The van der Waals surface area contributed by atoms with Gasteiger partial charge in [0.15, 0.2) is 0 Å². The monoisotopic (exact) mass is 390 g/mol. The zero-order valence-corrected chi connectivity index (χ0v) is 13.0. The van der Waals surface area contributed by atoms with Gasteiger partial charge in [-0.05, 0) is 39.7 Å². The summed E-state index contributed by atoms with van der Waals surface area (Å²) in [5, 5.41) is 15.7. The van der Waals surface area contributed by atoms with E-state index >= 15 is 0 Å². The van der Waals surface area contributed by atoms with Gasteiger partial charge in [0, 0.05) is 32.6 Å². The van der Waals surface area contributed by atoms with Crippen LogP contribution in [-0.2, 0) is 6.54 Å². The van der Waals surface area contributed by atoms with Gasteiger partial charge in [-0.3, -0.25) is 10.1 Å². The Morgan fingerprint density at radius 1 is 1.33 bits per heavy atom. The van der Waals surface area contributed by atoms with Gasteiger partial charge in [-0.25, -0.2) is 0 Å². The molecule has 0 aliphatic carbocycles. The first-order valence-corrected chi connectivity index (χ1v) is 7.43. The first-order chi connectivity index (χ1) is 8.56. The molecule has 0 amide bonds. The number of thiophene rings is 1. The zero-order chi connectivity index (χ0) is 13.1. The first-order valence-electron chi connectivity index (χ1n) is 4.97. The Kier molecular flexibility index (Phi) is 4.36. The predicted molar refractivity (Wildman–Crippen MR) is 80.1 cm³/mol. The van der Waals surface area contributed by atoms with Crippen molar-refractivity contribution in [2.45, 2.75) is 6.54 Å². The third kappa shape index (κ3) is 3.30. The molecular formula is C11H8Br2N2O2S. The maximum absolute atomic E-state index is 10.6. The van der Waals surface area contributed by atoms with Crippen molar-refractivity contribution in [3.63, 3.8) is 0 Å². The lowest BCUT2D eigenvalue weighted by Crippen LogP contribution is -1.98. The lowest BCUT2D eigenvalue weighted by atomic mass is 10.3. The van der Waals surface area contributed by atoms with Crippen molar-refractivity contribution in [3.8, 4) is 0 Å². The smallest absolute Gasteiger partial charge is 0.324 e. The highest BCUT2D eigenvalue weighted by Crippen LogP contribution is 2.28. The Labute approximate surface area is 124 Å². The number of rotatable bonds is 4. The van der Waals surface area contributed by atoms with E-state index < -0.39 is 0 Å². The average molecular weight is 392 g/mol. The molecule has 0 aliphatic rings. The van der Waals surface area contributed by atoms with Gasteiger partial charge >= 0.3 is 5.00 Å². The molecule has 0 unspecified atom stereocenters. The Bertz CT molecular complexity index is 586. The summed E-state index contributed by atoms with van der Waals surface area (Å²) in [5.74, 6) is 0. The Hall–Kier alpha value is -0.920. The van der Waals surface area contributed by atoms with Crippen LogP contribution < -0.4 is 5.32 Å². The summed E-state index contributed by atoms with van der Waals surface area (Å²) in [7, 11) is 0. The summed E-state index contributed by atoms with van der Waals surface area (Å²) in [6.07, 6.45) is 0. The summed E-state index contributed by atoms with van der Waals surface area (Å²) in [4.78, 5) is 10.2. The molecule has 2 aromatic rings. The van der Waals surface area contributed by atoms with Crippen molar-refractivity contribution < 1.29 is 4.92 Å².